The summed E-state index contributed by atoms with van der Waals surface area (Å²) in [6.07, 6.45) is 0. The SMILES string of the molecule is O=C(O)c1cc(-c2ccc(Cl)cc2)nc2c(Cl)cc(Cl)cc12. The number of pyridine rings is 1. The van der Waals surface area contributed by atoms with Crippen molar-refractivity contribution in [2.45, 2.75) is 0 Å². The van der Waals surface area contributed by atoms with E-state index in [4.69, 9.17) is 34.8 Å². The number of rotatable bonds is 2. The molecule has 0 aliphatic heterocycles. The van der Waals surface area contributed by atoms with Gasteiger partial charge in [0.15, 0.2) is 0 Å². The number of fused-ring (bicyclic) bond motifs is 1. The fourth-order valence-corrected chi connectivity index (χ4v) is 2.86. The Morgan fingerprint density at radius 2 is 1.64 bits per heavy atom. The predicted octanol–water partition coefficient (Wildman–Crippen LogP) is 5.56. The van der Waals surface area contributed by atoms with E-state index in [1.165, 1.54) is 12.1 Å². The standard InChI is InChI=1S/C16H8Cl3NO2/c17-9-3-1-8(2-4-9)14-7-12(16(21)22)11-5-10(18)6-13(19)15(11)20-14/h1-7H,(H,21,22). The second-order valence-electron chi connectivity index (χ2n) is 4.65. The molecular weight excluding hydrogens is 345 g/mol. The second-order valence-corrected chi connectivity index (χ2v) is 5.93. The highest BCUT2D eigenvalue weighted by Crippen LogP contribution is 2.32. The van der Waals surface area contributed by atoms with Crippen LogP contribution in [0.5, 0.6) is 0 Å². The van der Waals surface area contributed by atoms with Gasteiger partial charge in [0, 0.05) is 21.0 Å². The second kappa shape index (κ2) is 5.76. The quantitative estimate of drug-likeness (QED) is 0.657. The Morgan fingerprint density at radius 1 is 0.955 bits per heavy atom. The average Bonchev–Trinajstić information content (AvgIpc) is 2.47. The third-order valence-corrected chi connectivity index (χ3v) is 3.96. The highest BCUT2D eigenvalue weighted by atomic mass is 35.5. The van der Waals surface area contributed by atoms with Crippen LogP contribution in [0.3, 0.4) is 0 Å². The highest BCUT2D eigenvalue weighted by molar-refractivity contribution is 6.38. The number of hydrogen-bond acceptors (Lipinski definition) is 2. The molecule has 1 N–H and O–H groups in total. The van der Waals surface area contributed by atoms with E-state index in [-0.39, 0.29) is 5.56 Å². The molecule has 0 saturated heterocycles. The first kappa shape index (κ1) is 15.1. The van der Waals surface area contributed by atoms with E-state index in [9.17, 15) is 9.90 Å². The Hall–Kier alpha value is -1.81. The summed E-state index contributed by atoms with van der Waals surface area (Å²) in [5, 5.41) is 11.1. The van der Waals surface area contributed by atoms with Crippen LogP contribution >= 0.6 is 34.8 Å². The van der Waals surface area contributed by atoms with Gasteiger partial charge < -0.3 is 5.11 Å². The maximum Gasteiger partial charge on any atom is 0.336 e. The minimum atomic E-state index is -1.07. The Labute approximate surface area is 141 Å². The molecule has 110 valence electrons. The molecule has 1 heterocycles. The fraction of sp³-hybridized carbons (Fsp3) is 0. The Kier molecular flexibility index (Phi) is 3.96. The van der Waals surface area contributed by atoms with E-state index < -0.39 is 5.97 Å². The summed E-state index contributed by atoms with van der Waals surface area (Å²) in [4.78, 5) is 16.0. The molecule has 0 amide bonds. The van der Waals surface area contributed by atoms with E-state index in [0.717, 1.165) is 5.56 Å². The van der Waals surface area contributed by atoms with Crippen molar-refractivity contribution in [2.75, 3.05) is 0 Å². The number of aromatic nitrogens is 1. The lowest BCUT2D eigenvalue weighted by molar-refractivity contribution is 0.0699. The van der Waals surface area contributed by atoms with Crippen molar-refractivity contribution < 1.29 is 9.90 Å². The summed E-state index contributed by atoms with van der Waals surface area (Å²) in [6.45, 7) is 0. The molecular formula is C16H8Cl3NO2. The van der Waals surface area contributed by atoms with Crippen LogP contribution in [0.1, 0.15) is 10.4 Å². The van der Waals surface area contributed by atoms with E-state index in [0.29, 0.717) is 31.7 Å². The van der Waals surface area contributed by atoms with Crippen LogP contribution in [-0.4, -0.2) is 16.1 Å². The van der Waals surface area contributed by atoms with Gasteiger partial charge >= 0.3 is 5.97 Å². The lowest BCUT2D eigenvalue weighted by Crippen LogP contribution is -2.00. The molecule has 0 aliphatic rings. The molecule has 0 radical (unpaired) electrons. The lowest BCUT2D eigenvalue weighted by Gasteiger charge is -2.09. The number of nitrogens with zero attached hydrogens (tertiary/aromatic N) is 1. The molecule has 0 unspecified atom stereocenters. The van der Waals surface area contributed by atoms with Crippen LogP contribution in [0, 0.1) is 0 Å². The third kappa shape index (κ3) is 2.75. The lowest BCUT2D eigenvalue weighted by atomic mass is 10.0. The topological polar surface area (TPSA) is 50.2 Å². The van der Waals surface area contributed by atoms with Gasteiger partial charge in [-0.25, -0.2) is 9.78 Å². The maximum absolute atomic E-state index is 11.5. The Morgan fingerprint density at radius 3 is 2.27 bits per heavy atom. The third-order valence-electron chi connectivity index (χ3n) is 3.20. The molecule has 6 heteroatoms. The summed E-state index contributed by atoms with van der Waals surface area (Å²) < 4.78 is 0. The van der Waals surface area contributed by atoms with Gasteiger partial charge in [-0.1, -0.05) is 46.9 Å². The van der Waals surface area contributed by atoms with Gasteiger partial charge in [0.2, 0.25) is 0 Å². The Balaban J connectivity index is 2.34. The van der Waals surface area contributed by atoms with Crippen LogP contribution in [0.2, 0.25) is 15.1 Å². The monoisotopic (exact) mass is 351 g/mol. The zero-order valence-electron chi connectivity index (χ0n) is 11.0. The number of halogens is 3. The molecule has 3 nitrogen and oxygen atoms in total. The normalized spacial score (nSPS) is 10.9. The van der Waals surface area contributed by atoms with E-state index in [1.807, 2.05) is 0 Å². The van der Waals surface area contributed by atoms with Crippen LogP contribution in [0.15, 0.2) is 42.5 Å². The zero-order valence-corrected chi connectivity index (χ0v) is 13.2. The summed E-state index contributed by atoms with van der Waals surface area (Å²) in [5.74, 6) is -1.07. The number of hydrogen-bond donors (Lipinski definition) is 1. The number of aromatic carboxylic acids is 1. The van der Waals surface area contributed by atoms with E-state index in [2.05, 4.69) is 4.98 Å². The van der Waals surface area contributed by atoms with Gasteiger partial charge in [-0.15, -0.1) is 0 Å². The smallest absolute Gasteiger partial charge is 0.336 e. The molecule has 0 saturated carbocycles. The Bertz CT molecular complexity index is 892. The summed E-state index contributed by atoms with van der Waals surface area (Å²) in [5.41, 5.74) is 1.75. The van der Waals surface area contributed by atoms with Crippen molar-refractivity contribution in [3.8, 4) is 11.3 Å². The minimum absolute atomic E-state index is 0.0966. The largest absolute Gasteiger partial charge is 0.478 e. The van der Waals surface area contributed by atoms with Crippen molar-refractivity contribution in [1.29, 1.82) is 0 Å². The van der Waals surface area contributed by atoms with Crippen LogP contribution < -0.4 is 0 Å². The highest BCUT2D eigenvalue weighted by Gasteiger charge is 2.15. The number of benzene rings is 2. The predicted molar refractivity (Wildman–Crippen MR) is 89.2 cm³/mol. The zero-order chi connectivity index (χ0) is 15.9. The van der Waals surface area contributed by atoms with Gasteiger partial charge in [-0.05, 0) is 30.3 Å². The van der Waals surface area contributed by atoms with Crippen molar-refractivity contribution in [1.82, 2.24) is 4.98 Å². The molecule has 2 aromatic carbocycles. The average molecular weight is 353 g/mol. The molecule has 0 atom stereocenters. The summed E-state index contributed by atoms with van der Waals surface area (Å²) in [6, 6.07) is 11.6. The van der Waals surface area contributed by atoms with Crippen molar-refractivity contribution in [2.24, 2.45) is 0 Å². The minimum Gasteiger partial charge on any atom is -0.478 e. The molecule has 0 aliphatic carbocycles. The van der Waals surface area contributed by atoms with E-state index >= 15 is 0 Å². The number of carboxylic acids is 1. The molecule has 0 spiro atoms. The molecule has 22 heavy (non-hydrogen) atoms. The number of carboxylic acid groups (broad SMARTS) is 1. The maximum atomic E-state index is 11.5. The number of carbonyl (C=O) groups is 1. The van der Waals surface area contributed by atoms with Gasteiger partial charge in [0.25, 0.3) is 0 Å². The van der Waals surface area contributed by atoms with E-state index in [1.54, 1.807) is 30.3 Å². The van der Waals surface area contributed by atoms with Crippen molar-refractivity contribution in [3.05, 3.63) is 63.1 Å². The van der Waals surface area contributed by atoms with Crippen molar-refractivity contribution >= 4 is 51.7 Å². The fourth-order valence-electron chi connectivity index (χ4n) is 2.20. The van der Waals surface area contributed by atoms with Gasteiger partial charge in [0.1, 0.15) is 0 Å². The first-order valence-electron chi connectivity index (χ1n) is 6.25. The van der Waals surface area contributed by atoms with Gasteiger partial charge in [-0.3, -0.25) is 0 Å². The summed E-state index contributed by atoms with van der Waals surface area (Å²) >= 11 is 18.0. The molecule has 0 fully saturated rings. The van der Waals surface area contributed by atoms with Crippen LogP contribution in [0.25, 0.3) is 22.2 Å². The summed E-state index contributed by atoms with van der Waals surface area (Å²) in [7, 11) is 0. The van der Waals surface area contributed by atoms with Crippen LogP contribution in [0.4, 0.5) is 0 Å². The molecule has 0 bridgehead atoms. The first-order chi connectivity index (χ1) is 10.5. The molecule has 3 rings (SSSR count). The molecule has 3 aromatic rings. The molecule has 1 aromatic heterocycles. The van der Waals surface area contributed by atoms with Gasteiger partial charge in [-0.2, -0.15) is 0 Å². The van der Waals surface area contributed by atoms with Crippen molar-refractivity contribution in [3.63, 3.8) is 0 Å². The first-order valence-corrected chi connectivity index (χ1v) is 7.38. The van der Waals surface area contributed by atoms with Crippen LogP contribution in [-0.2, 0) is 0 Å². The van der Waals surface area contributed by atoms with Gasteiger partial charge in [0.05, 0.1) is 21.8 Å².